The second-order valence-corrected chi connectivity index (χ2v) is 6.85. The summed E-state index contributed by atoms with van der Waals surface area (Å²) in [4.78, 5) is 14.4. The minimum Gasteiger partial charge on any atom is -0.491 e. The van der Waals surface area contributed by atoms with Crippen molar-refractivity contribution in [3.8, 4) is 5.75 Å². The number of rotatable bonds is 4. The number of nitrogens with zero attached hydrogens (tertiary/aromatic N) is 1. The Hall–Kier alpha value is -1.66. The number of hydrogen-bond donors (Lipinski definition) is 2. The van der Waals surface area contributed by atoms with Crippen LogP contribution >= 0.6 is 0 Å². The highest BCUT2D eigenvalue weighted by Crippen LogP contribution is 2.26. The second kappa shape index (κ2) is 7.49. The van der Waals surface area contributed by atoms with E-state index in [1.165, 1.54) is 12.1 Å². The molecule has 2 heterocycles. The van der Waals surface area contributed by atoms with Crippen LogP contribution in [0.25, 0.3) is 0 Å². The van der Waals surface area contributed by atoms with E-state index in [2.05, 4.69) is 5.32 Å². The largest absolute Gasteiger partial charge is 0.491 e. The third-order valence-corrected chi connectivity index (χ3v) is 4.88. The lowest BCUT2D eigenvalue weighted by molar-refractivity contribution is -0.145. The predicted molar refractivity (Wildman–Crippen MR) is 88.3 cm³/mol. The highest BCUT2D eigenvalue weighted by Gasteiger charge is 2.38. The maximum absolute atomic E-state index is 12.9. The Morgan fingerprint density at radius 2 is 2.04 bits per heavy atom. The van der Waals surface area contributed by atoms with Gasteiger partial charge in [-0.3, -0.25) is 4.79 Å². The number of β-amino-alcohol motifs (C(OH)–C–C–N with tert-alkyl or cyclic N) is 1. The number of carbonyl (C=O) groups is 1. The van der Waals surface area contributed by atoms with Crippen LogP contribution in [0.2, 0.25) is 0 Å². The lowest BCUT2D eigenvalue weighted by Crippen LogP contribution is -2.55. The number of piperidine rings is 2. The minimum atomic E-state index is -1.05. The maximum Gasteiger partial charge on any atom is 0.225 e. The first-order valence-corrected chi connectivity index (χ1v) is 8.66. The van der Waals surface area contributed by atoms with Crippen molar-refractivity contribution >= 4 is 5.91 Å². The van der Waals surface area contributed by atoms with Crippen molar-refractivity contribution in [1.29, 1.82) is 0 Å². The van der Waals surface area contributed by atoms with Gasteiger partial charge in [-0.15, -0.1) is 0 Å². The molecular weight excluding hydrogens is 311 g/mol. The van der Waals surface area contributed by atoms with Crippen molar-refractivity contribution < 1.29 is 19.0 Å². The molecule has 1 aromatic rings. The number of benzene rings is 1. The van der Waals surface area contributed by atoms with Crippen molar-refractivity contribution in [2.45, 2.75) is 31.3 Å². The van der Waals surface area contributed by atoms with Crippen LogP contribution in [0.3, 0.4) is 0 Å². The summed E-state index contributed by atoms with van der Waals surface area (Å²) in [6.45, 7) is 2.86. The third kappa shape index (κ3) is 4.24. The molecule has 132 valence electrons. The summed E-state index contributed by atoms with van der Waals surface area (Å²) in [5.74, 6) is 0.409. The maximum atomic E-state index is 12.9. The molecule has 0 saturated carbocycles. The SMILES string of the molecule is O=C(C1CCNCC1)N1CCC[C@](O)(COc2ccc(F)cc2)C1. The fourth-order valence-corrected chi connectivity index (χ4v) is 3.49. The van der Waals surface area contributed by atoms with Crippen LogP contribution in [0, 0.1) is 11.7 Å². The summed E-state index contributed by atoms with van der Waals surface area (Å²) >= 11 is 0. The summed E-state index contributed by atoms with van der Waals surface area (Å²) in [5, 5.41) is 14.1. The molecule has 3 rings (SSSR count). The van der Waals surface area contributed by atoms with Crippen LogP contribution in [0.1, 0.15) is 25.7 Å². The highest BCUT2D eigenvalue weighted by atomic mass is 19.1. The molecule has 24 heavy (non-hydrogen) atoms. The monoisotopic (exact) mass is 336 g/mol. The van der Waals surface area contributed by atoms with E-state index in [1.54, 1.807) is 17.0 Å². The quantitative estimate of drug-likeness (QED) is 0.876. The van der Waals surface area contributed by atoms with E-state index in [0.717, 1.165) is 32.4 Å². The van der Waals surface area contributed by atoms with E-state index >= 15 is 0 Å². The summed E-state index contributed by atoms with van der Waals surface area (Å²) in [7, 11) is 0. The van der Waals surface area contributed by atoms with Crippen molar-refractivity contribution in [3.63, 3.8) is 0 Å². The molecule has 0 unspecified atom stereocenters. The van der Waals surface area contributed by atoms with Gasteiger partial charge in [-0.2, -0.15) is 0 Å². The van der Waals surface area contributed by atoms with Gasteiger partial charge in [0.15, 0.2) is 0 Å². The van der Waals surface area contributed by atoms with E-state index in [0.29, 0.717) is 25.3 Å². The Morgan fingerprint density at radius 1 is 1.33 bits per heavy atom. The van der Waals surface area contributed by atoms with Gasteiger partial charge in [-0.25, -0.2) is 4.39 Å². The van der Waals surface area contributed by atoms with Crippen LogP contribution in [0.15, 0.2) is 24.3 Å². The lowest BCUT2D eigenvalue weighted by Gasteiger charge is -2.40. The van der Waals surface area contributed by atoms with Gasteiger partial charge in [-0.05, 0) is 63.0 Å². The number of amides is 1. The zero-order chi connectivity index (χ0) is 17.0. The minimum absolute atomic E-state index is 0.0617. The lowest BCUT2D eigenvalue weighted by atomic mass is 9.90. The van der Waals surface area contributed by atoms with Gasteiger partial charge in [-0.1, -0.05) is 0 Å². The Labute approximate surface area is 141 Å². The van der Waals surface area contributed by atoms with E-state index < -0.39 is 5.60 Å². The van der Waals surface area contributed by atoms with Gasteiger partial charge in [0.25, 0.3) is 0 Å². The first kappa shape index (κ1) is 17.2. The molecule has 0 bridgehead atoms. The van der Waals surface area contributed by atoms with Gasteiger partial charge in [0.1, 0.15) is 23.8 Å². The van der Waals surface area contributed by atoms with Crippen LogP contribution in [0.4, 0.5) is 4.39 Å². The summed E-state index contributed by atoms with van der Waals surface area (Å²) in [5.41, 5.74) is -1.05. The molecule has 5 nitrogen and oxygen atoms in total. The first-order chi connectivity index (χ1) is 11.6. The van der Waals surface area contributed by atoms with Crippen molar-refractivity contribution in [2.24, 2.45) is 5.92 Å². The molecule has 0 aromatic heterocycles. The average Bonchev–Trinajstić information content (AvgIpc) is 2.61. The number of likely N-dealkylation sites (tertiary alicyclic amines) is 1. The molecular formula is C18H25FN2O3. The number of hydrogen-bond acceptors (Lipinski definition) is 4. The fraction of sp³-hybridized carbons (Fsp3) is 0.611. The molecule has 1 atom stereocenters. The highest BCUT2D eigenvalue weighted by molar-refractivity contribution is 5.79. The zero-order valence-electron chi connectivity index (χ0n) is 13.8. The Balaban J connectivity index is 1.56. The molecule has 6 heteroatoms. The van der Waals surface area contributed by atoms with Crippen LogP contribution in [-0.4, -0.2) is 54.3 Å². The normalized spacial score (nSPS) is 25.5. The first-order valence-electron chi connectivity index (χ1n) is 8.66. The number of nitrogens with one attached hydrogen (secondary N) is 1. The molecule has 2 fully saturated rings. The molecule has 0 aliphatic carbocycles. The second-order valence-electron chi connectivity index (χ2n) is 6.85. The van der Waals surface area contributed by atoms with Crippen molar-refractivity contribution in [2.75, 3.05) is 32.8 Å². The van der Waals surface area contributed by atoms with E-state index in [4.69, 9.17) is 4.74 Å². The molecule has 1 amide bonds. The molecule has 2 N–H and O–H groups in total. The molecule has 2 saturated heterocycles. The van der Waals surface area contributed by atoms with Crippen LogP contribution in [-0.2, 0) is 4.79 Å². The topological polar surface area (TPSA) is 61.8 Å². The summed E-state index contributed by atoms with van der Waals surface area (Å²) in [6.07, 6.45) is 3.09. The fourth-order valence-electron chi connectivity index (χ4n) is 3.49. The third-order valence-electron chi connectivity index (χ3n) is 4.88. The average molecular weight is 336 g/mol. The Kier molecular flexibility index (Phi) is 5.36. The zero-order valence-corrected chi connectivity index (χ0v) is 13.8. The predicted octanol–water partition coefficient (Wildman–Crippen LogP) is 1.56. The number of halogens is 1. The Morgan fingerprint density at radius 3 is 2.75 bits per heavy atom. The van der Waals surface area contributed by atoms with Crippen molar-refractivity contribution in [1.82, 2.24) is 10.2 Å². The number of carbonyl (C=O) groups excluding carboxylic acids is 1. The smallest absolute Gasteiger partial charge is 0.225 e. The molecule has 2 aliphatic heterocycles. The summed E-state index contributed by atoms with van der Waals surface area (Å²) in [6, 6.07) is 5.74. The van der Waals surface area contributed by atoms with Crippen LogP contribution < -0.4 is 10.1 Å². The van der Waals surface area contributed by atoms with Gasteiger partial charge >= 0.3 is 0 Å². The molecule has 0 spiro atoms. The molecule has 0 radical (unpaired) electrons. The number of ether oxygens (including phenoxy) is 1. The standard InChI is InChI=1S/C18H25FN2O3/c19-15-2-4-16(5-3-15)24-13-18(23)8-1-11-21(12-18)17(22)14-6-9-20-10-7-14/h2-5,14,20,23H,1,6-13H2/t18-/m1/s1. The number of aliphatic hydroxyl groups is 1. The van der Waals surface area contributed by atoms with E-state index in [1.807, 2.05) is 0 Å². The van der Waals surface area contributed by atoms with Crippen molar-refractivity contribution in [3.05, 3.63) is 30.1 Å². The van der Waals surface area contributed by atoms with Gasteiger partial charge < -0.3 is 20.1 Å². The van der Waals surface area contributed by atoms with Gasteiger partial charge in [0.2, 0.25) is 5.91 Å². The van der Waals surface area contributed by atoms with E-state index in [-0.39, 0.29) is 24.2 Å². The Bertz CT molecular complexity index is 560. The van der Waals surface area contributed by atoms with Crippen LogP contribution in [0.5, 0.6) is 5.75 Å². The molecule has 1 aromatic carbocycles. The van der Waals surface area contributed by atoms with E-state index in [9.17, 15) is 14.3 Å². The summed E-state index contributed by atoms with van der Waals surface area (Å²) < 4.78 is 18.5. The molecule has 2 aliphatic rings. The van der Waals surface area contributed by atoms with Gasteiger partial charge in [0, 0.05) is 12.5 Å². The van der Waals surface area contributed by atoms with Gasteiger partial charge in [0.05, 0.1) is 6.54 Å².